The van der Waals surface area contributed by atoms with Gasteiger partial charge in [-0.2, -0.15) is 0 Å². The predicted octanol–water partition coefficient (Wildman–Crippen LogP) is 4.49. The molecule has 2 rings (SSSR count). The maximum atomic E-state index is 12.9. The molecule has 2 aromatic carbocycles. The number of rotatable bonds is 3. The van der Waals surface area contributed by atoms with Gasteiger partial charge in [0.1, 0.15) is 5.82 Å². The molecule has 4 heteroatoms. The van der Waals surface area contributed by atoms with Crippen LogP contribution in [0.15, 0.2) is 42.5 Å². The number of anilines is 1. The molecule has 2 N–H and O–H groups in total. The van der Waals surface area contributed by atoms with Crippen LogP contribution in [0.2, 0.25) is 0 Å². The van der Waals surface area contributed by atoms with Crippen LogP contribution >= 0.6 is 12.2 Å². The molecule has 2 aromatic rings. The smallest absolute Gasteiger partial charge is 0.171 e. The summed E-state index contributed by atoms with van der Waals surface area (Å²) in [5.74, 6) is -0.261. The van der Waals surface area contributed by atoms with E-state index in [2.05, 4.69) is 49.6 Å². The first-order valence-electron chi connectivity index (χ1n) is 6.86. The van der Waals surface area contributed by atoms with Crippen LogP contribution in [0.4, 0.5) is 10.1 Å². The quantitative estimate of drug-likeness (QED) is 0.817. The van der Waals surface area contributed by atoms with Gasteiger partial charge in [0.05, 0.1) is 6.04 Å². The third-order valence-electron chi connectivity index (χ3n) is 3.34. The maximum absolute atomic E-state index is 12.9. The second kappa shape index (κ2) is 6.68. The van der Waals surface area contributed by atoms with E-state index in [1.54, 1.807) is 12.1 Å². The number of benzene rings is 2. The summed E-state index contributed by atoms with van der Waals surface area (Å²) >= 11 is 5.30. The molecule has 0 unspecified atom stereocenters. The lowest BCUT2D eigenvalue weighted by Crippen LogP contribution is -2.31. The summed E-state index contributed by atoms with van der Waals surface area (Å²) in [6, 6.07) is 12.6. The van der Waals surface area contributed by atoms with Gasteiger partial charge in [0, 0.05) is 5.69 Å². The molecule has 0 aliphatic carbocycles. The van der Waals surface area contributed by atoms with E-state index in [-0.39, 0.29) is 11.9 Å². The van der Waals surface area contributed by atoms with Crippen molar-refractivity contribution in [3.05, 3.63) is 65.0 Å². The second-order valence-corrected chi connectivity index (χ2v) is 5.60. The van der Waals surface area contributed by atoms with E-state index in [0.29, 0.717) is 5.11 Å². The van der Waals surface area contributed by atoms with Crippen molar-refractivity contribution >= 4 is 23.0 Å². The van der Waals surface area contributed by atoms with Gasteiger partial charge >= 0.3 is 0 Å². The number of nitrogens with one attached hydrogen (secondary N) is 2. The summed E-state index contributed by atoms with van der Waals surface area (Å²) in [5, 5.41) is 6.82. The van der Waals surface area contributed by atoms with E-state index in [1.165, 1.54) is 28.8 Å². The highest BCUT2D eigenvalue weighted by Crippen LogP contribution is 2.19. The van der Waals surface area contributed by atoms with Crippen molar-refractivity contribution in [2.45, 2.75) is 26.8 Å². The van der Waals surface area contributed by atoms with E-state index in [9.17, 15) is 4.39 Å². The molecule has 0 saturated carbocycles. The Bertz CT molecular complexity index is 638. The van der Waals surface area contributed by atoms with Crippen molar-refractivity contribution in [2.24, 2.45) is 0 Å². The topological polar surface area (TPSA) is 24.1 Å². The van der Waals surface area contributed by atoms with Crippen LogP contribution in [0, 0.1) is 19.7 Å². The van der Waals surface area contributed by atoms with Crippen LogP contribution in [0.1, 0.15) is 29.7 Å². The number of halogens is 1. The summed E-state index contributed by atoms with van der Waals surface area (Å²) in [4.78, 5) is 0. The van der Waals surface area contributed by atoms with Gasteiger partial charge in [-0.3, -0.25) is 0 Å². The second-order valence-electron chi connectivity index (χ2n) is 5.19. The average molecular weight is 302 g/mol. The Morgan fingerprint density at radius 1 is 1.10 bits per heavy atom. The van der Waals surface area contributed by atoms with Crippen molar-refractivity contribution in [1.29, 1.82) is 0 Å². The molecule has 2 nitrogen and oxygen atoms in total. The van der Waals surface area contributed by atoms with E-state index in [0.717, 1.165) is 5.69 Å². The molecule has 0 radical (unpaired) electrons. The van der Waals surface area contributed by atoms with Crippen LogP contribution in [-0.2, 0) is 0 Å². The summed E-state index contributed by atoms with van der Waals surface area (Å²) in [6.45, 7) is 6.24. The zero-order valence-electron chi connectivity index (χ0n) is 12.4. The normalized spacial score (nSPS) is 11.8. The Balaban J connectivity index is 2.00. The van der Waals surface area contributed by atoms with Gasteiger partial charge in [-0.05, 0) is 68.4 Å². The number of hydrogen-bond donors (Lipinski definition) is 2. The van der Waals surface area contributed by atoms with Gasteiger partial charge in [0.25, 0.3) is 0 Å². The number of hydrogen-bond acceptors (Lipinski definition) is 1. The van der Waals surface area contributed by atoms with Gasteiger partial charge in [-0.1, -0.05) is 23.8 Å². The highest BCUT2D eigenvalue weighted by atomic mass is 32.1. The molecular formula is C17H19FN2S. The molecule has 0 bridgehead atoms. The molecular weight excluding hydrogens is 283 g/mol. The molecule has 0 aromatic heterocycles. The fourth-order valence-electron chi connectivity index (χ4n) is 2.29. The van der Waals surface area contributed by atoms with E-state index < -0.39 is 0 Å². The van der Waals surface area contributed by atoms with Gasteiger partial charge in [0.15, 0.2) is 5.11 Å². The van der Waals surface area contributed by atoms with Crippen LogP contribution in [0.25, 0.3) is 0 Å². The Labute approximate surface area is 130 Å². The highest BCUT2D eigenvalue weighted by molar-refractivity contribution is 7.80. The Kier molecular flexibility index (Phi) is 4.91. The third kappa shape index (κ3) is 4.26. The van der Waals surface area contributed by atoms with Crippen molar-refractivity contribution in [1.82, 2.24) is 5.32 Å². The third-order valence-corrected chi connectivity index (χ3v) is 3.56. The monoisotopic (exact) mass is 302 g/mol. The zero-order chi connectivity index (χ0) is 15.4. The number of thiocarbonyl (C=S) groups is 1. The molecule has 1 atom stereocenters. The Morgan fingerprint density at radius 3 is 2.38 bits per heavy atom. The first-order chi connectivity index (χ1) is 9.95. The van der Waals surface area contributed by atoms with Crippen molar-refractivity contribution < 1.29 is 4.39 Å². The first kappa shape index (κ1) is 15.4. The summed E-state index contributed by atoms with van der Waals surface area (Å²) < 4.78 is 12.9. The van der Waals surface area contributed by atoms with E-state index in [1.807, 2.05) is 0 Å². The molecule has 0 aliphatic rings. The molecule has 0 fully saturated rings. The molecule has 110 valence electrons. The van der Waals surface area contributed by atoms with Gasteiger partial charge in [-0.15, -0.1) is 0 Å². The Morgan fingerprint density at radius 2 is 1.76 bits per heavy atom. The van der Waals surface area contributed by atoms with Gasteiger partial charge in [0.2, 0.25) is 0 Å². The SMILES string of the molecule is Cc1ccc([C@@H](C)NC(=S)Nc2ccc(F)cc2)c(C)c1. The minimum atomic E-state index is -0.261. The van der Waals surface area contributed by atoms with Crippen LogP contribution in [0.5, 0.6) is 0 Å². The molecule has 21 heavy (non-hydrogen) atoms. The minimum absolute atomic E-state index is 0.103. The Hall–Kier alpha value is -1.94. The molecule has 0 aliphatic heterocycles. The van der Waals surface area contributed by atoms with Crippen LogP contribution in [0.3, 0.4) is 0 Å². The molecule has 0 saturated heterocycles. The fourth-order valence-corrected chi connectivity index (χ4v) is 2.58. The summed E-state index contributed by atoms with van der Waals surface area (Å²) in [7, 11) is 0. The summed E-state index contributed by atoms with van der Waals surface area (Å²) in [6.07, 6.45) is 0. The standard InChI is InChI=1S/C17H19FN2S/c1-11-4-9-16(12(2)10-11)13(3)19-17(21)20-15-7-5-14(18)6-8-15/h4-10,13H,1-3H3,(H2,19,20,21)/t13-/m1/s1. The number of aryl methyl sites for hydroxylation is 2. The lowest BCUT2D eigenvalue weighted by molar-refractivity contribution is 0.628. The molecule has 0 spiro atoms. The lowest BCUT2D eigenvalue weighted by atomic mass is 10.0. The molecule has 0 heterocycles. The van der Waals surface area contributed by atoms with Crippen molar-refractivity contribution in [3.8, 4) is 0 Å². The first-order valence-corrected chi connectivity index (χ1v) is 7.27. The summed E-state index contributed by atoms with van der Waals surface area (Å²) in [5.41, 5.74) is 4.46. The minimum Gasteiger partial charge on any atom is -0.356 e. The van der Waals surface area contributed by atoms with E-state index in [4.69, 9.17) is 12.2 Å². The fraction of sp³-hybridized carbons (Fsp3) is 0.235. The van der Waals surface area contributed by atoms with Gasteiger partial charge < -0.3 is 10.6 Å². The highest BCUT2D eigenvalue weighted by Gasteiger charge is 2.09. The van der Waals surface area contributed by atoms with Crippen LogP contribution in [-0.4, -0.2) is 5.11 Å². The van der Waals surface area contributed by atoms with Crippen molar-refractivity contribution in [2.75, 3.05) is 5.32 Å². The molecule has 0 amide bonds. The van der Waals surface area contributed by atoms with Crippen molar-refractivity contribution in [3.63, 3.8) is 0 Å². The van der Waals surface area contributed by atoms with Gasteiger partial charge in [-0.25, -0.2) is 4.39 Å². The lowest BCUT2D eigenvalue weighted by Gasteiger charge is -2.19. The zero-order valence-corrected chi connectivity index (χ0v) is 13.2. The largest absolute Gasteiger partial charge is 0.356 e. The van der Waals surface area contributed by atoms with E-state index >= 15 is 0 Å². The predicted molar refractivity (Wildman–Crippen MR) is 90.1 cm³/mol. The maximum Gasteiger partial charge on any atom is 0.171 e. The van der Waals surface area contributed by atoms with Crippen LogP contribution < -0.4 is 10.6 Å². The average Bonchev–Trinajstić information content (AvgIpc) is 2.41.